The SMILES string of the molecule is CCCC1CC(=O)N(Cn2cncc2NC(=O)OCc2ccccc2)C1. The summed E-state index contributed by atoms with van der Waals surface area (Å²) in [6.07, 6.45) is 5.35. The van der Waals surface area contributed by atoms with E-state index in [0.717, 1.165) is 24.9 Å². The molecule has 138 valence electrons. The average Bonchev–Trinajstić information content (AvgIpc) is 3.21. The molecule has 0 saturated carbocycles. The van der Waals surface area contributed by atoms with Crippen molar-refractivity contribution in [2.75, 3.05) is 11.9 Å². The van der Waals surface area contributed by atoms with Crippen LogP contribution in [0, 0.1) is 5.92 Å². The van der Waals surface area contributed by atoms with Crippen molar-refractivity contribution in [3.05, 3.63) is 48.4 Å². The van der Waals surface area contributed by atoms with Gasteiger partial charge in [0, 0.05) is 13.0 Å². The van der Waals surface area contributed by atoms with Crippen molar-refractivity contribution < 1.29 is 14.3 Å². The van der Waals surface area contributed by atoms with Gasteiger partial charge in [-0.1, -0.05) is 43.7 Å². The van der Waals surface area contributed by atoms with Gasteiger partial charge in [0.15, 0.2) is 0 Å². The maximum atomic E-state index is 12.2. The number of amides is 2. The second kappa shape index (κ2) is 8.51. The molecule has 26 heavy (non-hydrogen) atoms. The van der Waals surface area contributed by atoms with Gasteiger partial charge < -0.3 is 9.64 Å². The molecule has 7 nitrogen and oxygen atoms in total. The number of hydrogen-bond acceptors (Lipinski definition) is 4. The van der Waals surface area contributed by atoms with Crippen LogP contribution >= 0.6 is 0 Å². The Balaban J connectivity index is 1.53. The molecule has 1 N–H and O–H groups in total. The van der Waals surface area contributed by atoms with E-state index in [4.69, 9.17) is 4.74 Å². The zero-order valence-electron chi connectivity index (χ0n) is 14.9. The second-order valence-electron chi connectivity index (χ2n) is 6.55. The molecule has 1 aliphatic heterocycles. The molecular weight excluding hydrogens is 332 g/mol. The van der Waals surface area contributed by atoms with E-state index in [1.807, 2.05) is 35.2 Å². The van der Waals surface area contributed by atoms with E-state index in [1.165, 1.54) is 0 Å². The molecule has 0 bridgehead atoms. The molecule has 1 aliphatic rings. The maximum Gasteiger partial charge on any atom is 0.413 e. The quantitative estimate of drug-likeness (QED) is 0.826. The highest BCUT2D eigenvalue weighted by Gasteiger charge is 2.29. The Kier molecular flexibility index (Phi) is 5.88. The highest BCUT2D eigenvalue weighted by atomic mass is 16.5. The first-order valence-corrected chi connectivity index (χ1v) is 8.91. The molecule has 0 aliphatic carbocycles. The van der Waals surface area contributed by atoms with Gasteiger partial charge in [-0.2, -0.15) is 0 Å². The summed E-state index contributed by atoms with van der Waals surface area (Å²) in [5.74, 6) is 1.08. The van der Waals surface area contributed by atoms with Gasteiger partial charge in [0.25, 0.3) is 0 Å². The van der Waals surface area contributed by atoms with Gasteiger partial charge in [0.2, 0.25) is 5.91 Å². The van der Waals surface area contributed by atoms with E-state index >= 15 is 0 Å². The first-order chi connectivity index (χ1) is 12.7. The van der Waals surface area contributed by atoms with Crippen LogP contribution in [0.3, 0.4) is 0 Å². The molecule has 0 spiro atoms. The van der Waals surface area contributed by atoms with Crippen molar-refractivity contribution >= 4 is 17.8 Å². The maximum absolute atomic E-state index is 12.2. The van der Waals surface area contributed by atoms with Crippen LogP contribution in [0.1, 0.15) is 31.7 Å². The third-order valence-corrected chi connectivity index (χ3v) is 4.47. The van der Waals surface area contributed by atoms with Gasteiger partial charge in [-0.25, -0.2) is 9.78 Å². The van der Waals surface area contributed by atoms with E-state index in [0.29, 0.717) is 24.8 Å². The lowest BCUT2D eigenvalue weighted by molar-refractivity contribution is -0.129. The predicted octanol–water partition coefficient (Wildman–Crippen LogP) is 3.24. The predicted molar refractivity (Wildman–Crippen MR) is 97.2 cm³/mol. The summed E-state index contributed by atoms with van der Waals surface area (Å²) >= 11 is 0. The molecule has 1 atom stereocenters. The fraction of sp³-hybridized carbons (Fsp3) is 0.421. The Labute approximate surface area is 153 Å². The number of carbonyl (C=O) groups is 2. The molecular formula is C19H24N4O3. The summed E-state index contributed by atoms with van der Waals surface area (Å²) in [6, 6.07) is 9.48. The van der Waals surface area contributed by atoms with Gasteiger partial charge >= 0.3 is 6.09 Å². The van der Waals surface area contributed by atoms with Crippen LogP contribution in [-0.4, -0.2) is 33.0 Å². The number of aromatic nitrogens is 2. The minimum Gasteiger partial charge on any atom is -0.444 e. The molecule has 7 heteroatoms. The van der Waals surface area contributed by atoms with Gasteiger partial charge in [-0.05, 0) is 17.9 Å². The van der Waals surface area contributed by atoms with E-state index in [9.17, 15) is 9.59 Å². The van der Waals surface area contributed by atoms with E-state index in [1.54, 1.807) is 17.1 Å². The normalized spacial score (nSPS) is 16.7. The standard InChI is InChI=1S/C19H24N4O3/c1-2-6-16-9-18(24)22(11-16)14-23-13-20-10-17(23)21-19(25)26-12-15-7-4-3-5-8-15/h3-5,7-8,10,13,16H,2,6,9,11-12,14H2,1H3,(H,21,25). The van der Waals surface area contributed by atoms with Crippen LogP contribution in [0.15, 0.2) is 42.9 Å². The largest absolute Gasteiger partial charge is 0.444 e. The van der Waals surface area contributed by atoms with Crippen molar-refractivity contribution in [1.82, 2.24) is 14.5 Å². The Hall–Kier alpha value is -2.83. The number of benzene rings is 1. The van der Waals surface area contributed by atoms with Crippen LogP contribution in [0.4, 0.5) is 10.6 Å². The van der Waals surface area contributed by atoms with Gasteiger partial charge in [0.1, 0.15) is 19.1 Å². The van der Waals surface area contributed by atoms with Gasteiger partial charge in [0.05, 0.1) is 12.5 Å². The highest BCUT2D eigenvalue weighted by Crippen LogP contribution is 2.23. The number of anilines is 1. The molecule has 1 saturated heterocycles. The summed E-state index contributed by atoms with van der Waals surface area (Å²) in [6.45, 7) is 3.46. The smallest absolute Gasteiger partial charge is 0.413 e. The number of nitrogens with zero attached hydrogens (tertiary/aromatic N) is 3. The lowest BCUT2D eigenvalue weighted by Crippen LogP contribution is -2.28. The summed E-state index contributed by atoms with van der Waals surface area (Å²) in [4.78, 5) is 30.1. The number of carbonyl (C=O) groups excluding carboxylic acids is 2. The first kappa shape index (κ1) is 18.0. The van der Waals surface area contributed by atoms with E-state index < -0.39 is 6.09 Å². The molecule has 3 rings (SSSR count). The van der Waals surface area contributed by atoms with Crippen LogP contribution < -0.4 is 5.32 Å². The van der Waals surface area contributed by atoms with Crippen molar-refractivity contribution in [2.45, 2.75) is 39.5 Å². The number of nitrogens with one attached hydrogen (secondary N) is 1. The van der Waals surface area contributed by atoms with Crippen LogP contribution in [0.2, 0.25) is 0 Å². The molecule has 2 aromatic rings. The zero-order valence-corrected chi connectivity index (χ0v) is 14.9. The fourth-order valence-corrected chi connectivity index (χ4v) is 3.18. The molecule has 1 unspecified atom stereocenters. The van der Waals surface area contributed by atoms with Crippen LogP contribution in [0.5, 0.6) is 0 Å². The van der Waals surface area contributed by atoms with Gasteiger partial charge in [-0.15, -0.1) is 0 Å². The summed E-state index contributed by atoms with van der Waals surface area (Å²) in [7, 11) is 0. The van der Waals surface area contributed by atoms with Crippen LogP contribution in [0.25, 0.3) is 0 Å². The molecule has 0 radical (unpaired) electrons. The Morgan fingerprint density at radius 3 is 2.92 bits per heavy atom. The van der Waals surface area contributed by atoms with Crippen LogP contribution in [-0.2, 0) is 22.8 Å². The average molecular weight is 356 g/mol. The molecule has 1 aromatic heterocycles. The highest BCUT2D eigenvalue weighted by molar-refractivity contribution is 5.83. The Bertz CT molecular complexity index is 744. The lowest BCUT2D eigenvalue weighted by Gasteiger charge is -2.19. The van der Waals surface area contributed by atoms with Crippen molar-refractivity contribution in [3.8, 4) is 0 Å². The Morgan fingerprint density at radius 2 is 2.15 bits per heavy atom. The molecule has 2 amide bonds. The number of imidazole rings is 1. The number of ether oxygens (including phenoxy) is 1. The Morgan fingerprint density at radius 1 is 1.35 bits per heavy atom. The van der Waals surface area contributed by atoms with E-state index in [-0.39, 0.29) is 12.5 Å². The van der Waals surface area contributed by atoms with Crippen molar-refractivity contribution in [3.63, 3.8) is 0 Å². The molecule has 1 aromatic carbocycles. The summed E-state index contributed by atoms with van der Waals surface area (Å²) in [5.41, 5.74) is 0.917. The first-order valence-electron chi connectivity index (χ1n) is 8.91. The third-order valence-electron chi connectivity index (χ3n) is 4.47. The number of hydrogen-bond donors (Lipinski definition) is 1. The second-order valence-corrected chi connectivity index (χ2v) is 6.55. The lowest BCUT2D eigenvalue weighted by atomic mass is 10.0. The van der Waals surface area contributed by atoms with Crippen molar-refractivity contribution in [1.29, 1.82) is 0 Å². The minimum atomic E-state index is -0.549. The monoisotopic (exact) mass is 356 g/mol. The van der Waals surface area contributed by atoms with Crippen molar-refractivity contribution in [2.24, 2.45) is 5.92 Å². The minimum absolute atomic E-state index is 0.148. The van der Waals surface area contributed by atoms with E-state index in [2.05, 4.69) is 17.2 Å². The molecule has 1 fully saturated rings. The summed E-state index contributed by atoms with van der Waals surface area (Å²) < 4.78 is 6.97. The molecule has 2 heterocycles. The number of rotatable bonds is 7. The zero-order chi connectivity index (χ0) is 18.4. The topological polar surface area (TPSA) is 76.5 Å². The fourth-order valence-electron chi connectivity index (χ4n) is 3.18. The van der Waals surface area contributed by atoms with Gasteiger partial charge in [-0.3, -0.25) is 14.7 Å². The third kappa shape index (κ3) is 4.62. The summed E-state index contributed by atoms with van der Waals surface area (Å²) in [5, 5.41) is 2.69. The number of likely N-dealkylation sites (tertiary alicyclic amines) is 1.